The van der Waals surface area contributed by atoms with E-state index in [1.165, 1.54) is 0 Å². The third-order valence-corrected chi connectivity index (χ3v) is 2.49. The van der Waals surface area contributed by atoms with Gasteiger partial charge in [0.25, 0.3) is 0 Å². The van der Waals surface area contributed by atoms with Gasteiger partial charge in [0, 0.05) is 31.5 Å². The first-order valence-corrected chi connectivity index (χ1v) is 5.60. The minimum absolute atomic E-state index is 0.192. The molecule has 90 valence electrons. The highest BCUT2D eigenvalue weighted by Gasteiger charge is 2.20. The first-order chi connectivity index (χ1) is 6.73. The zero-order valence-corrected chi connectivity index (χ0v) is 11.1. The van der Waals surface area contributed by atoms with Crippen LogP contribution in [-0.2, 0) is 4.79 Å². The van der Waals surface area contributed by atoms with E-state index in [1.54, 1.807) is 0 Å². The molecule has 0 fully saturated rings. The summed E-state index contributed by atoms with van der Waals surface area (Å²) in [5.41, 5.74) is -0.192. The second-order valence-electron chi connectivity index (χ2n) is 5.53. The van der Waals surface area contributed by atoms with E-state index in [1.807, 2.05) is 20.8 Å². The molecule has 0 saturated carbocycles. The summed E-state index contributed by atoms with van der Waals surface area (Å²) in [5.74, 6) is 0.346. The summed E-state index contributed by atoms with van der Waals surface area (Å²) in [7, 11) is 6.20. The average molecular weight is 214 g/mol. The summed E-state index contributed by atoms with van der Waals surface area (Å²) in [6, 6.07) is 0. The van der Waals surface area contributed by atoms with Crippen molar-refractivity contribution < 1.29 is 4.79 Å². The van der Waals surface area contributed by atoms with Gasteiger partial charge in [-0.15, -0.1) is 0 Å². The van der Waals surface area contributed by atoms with Gasteiger partial charge in [-0.3, -0.25) is 4.79 Å². The molecule has 0 aromatic carbocycles. The Balaban J connectivity index is 3.72. The Kier molecular flexibility index (Phi) is 6.06. The fraction of sp³-hybridized carbons (Fsp3) is 0.917. The highest BCUT2D eigenvalue weighted by molar-refractivity contribution is 5.83. The molecule has 3 heteroatoms. The maximum absolute atomic E-state index is 11.7. The Morgan fingerprint density at radius 3 is 1.93 bits per heavy atom. The molecule has 0 bridgehead atoms. The number of likely N-dealkylation sites (N-methyl/N-ethyl adjacent to an activating group) is 2. The van der Waals surface area contributed by atoms with Crippen LogP contribution < -0.4 is 0 Å². The van der Waals surface area contributed by atoms with Crippen LogP contribution in [-0.4, -0.2) is 56.4 Å². The van der Waals surface area contributed by atoms with Crippen LogP contribution in [0.3, 0.4) is 0 Å². The van der Waals surface area contributed by atoms with Gasteiger partial charge >= 0.3 is 0 Å². The van der Waals surface area contributed by atoms with Gasteiger partial charge < -0.3 is 9.80 Å². The highest BCUT2D eigenvalue weighted by Crippen LogP contribution is 2.16. The van der Waals surface area contributed by atoms with E-state index in [0.29, 0.717) is 12.2 Å². The molecule has 0 atom stereocenters. The van der Waals surface area contributed by atoms with E-state index < -0.39 is 0 Å². The van der Waals surface area contributed by atoms with Gasteiger partial charge in [0.15, 0.2) is 0 Å². The third-order valence-electron chi connectivity index (χ3n) is 2.49. The summed E-state index contributed by atoms with van der Waals surface area (Å²) < 4.78 is 0. The first kappa shape index (κ1) is 14.6. The Hall–Kier alpha value is -0.410. The van der Waals surface area contributed by atoms with Crippen molar-refractivity contribution in [2.45, 2.75) is 27.2 Å². The molecule has 0 heterocycles. The molecule has 0 N–H and O–H groups in total. The number of ketones is 1. The maximum Gasteiger partial charge on any atom is 0.139 e. The Morgan fingerprint density at radius 1 is 1.00 bits per heavy atom. The van der Waals surface area contributed by atoms with Gasteiger partial charge in [0.1, 0.15) is 5.78 Å². The number of Topliss-reactive ketones (excluding diaryl/α,β-unsaturated/α-hetero) is 1. The Labute approximate surface area is 94.4 Å². The van der Waals surface area contributed by atoms with Crippen LogP contribution in [0.15, 0.2) is 0 Å². The molecule has 0 aromatic rings. The SMILES string of the molecule is CN(C)CCN(C)CCC(=O)C(C)(C)C. The van der Waals surface area contributed by atoms with E-state index in [-0.39, 0.29) is 5.41 Å². The quantitative estimate of drug-likeness (QED) is 0.669. The van der Waals surface area contributed by atoms with E-state index in [4.69, 9.17) is 0 Å². The van der Waals surface area contributed by atoms with Gasteiger partial charge in [0.2, 0.25) is 0 Å². The van der Waals surface area contributed by atoms with Gasteiger partial charge in [0.05, 0.1) is 0 Å². The molecule has 15 heavy (non-hydrogen) atoms. The van der Waals surface area contributed by atoms with Crippen LogP contribution in [0.25, 0.3) is 0 Å². The molecule has 0 saturated heterocycles. The van der Waals surface area contributed by atoms with Crippen LogP contribution in [0.2, 0.25) is 0 Å². The lowest BCUT2D eigenvalue weighted by Crippen LogP contribution is -2.32. The summed E-state index contributed by atoms with van der Waals surface area (Å²) >= 11 is 0. The molecule has 0 spiro atoms. The second-order valence-corrected chi connectivity index (χ2v) is 5.53. The minimum Gasteiger partial charge on any atom is -0.308 e. The first-order valence-electron chi connectivity index (χ1n) is 5.60. The number of rotatable bonds is 6. The van der Waals surface area contributed by atoms with Crippen molar-refractivity contribution in [1.29, 1.82) is 0 Å². The van der Waals surface area contributed by atoms with E-state index >= 15 is 0 Å². The number of hydrogen-bond acceptors (Lipinski definition) is 3. The maximum atomic E-state index is 11.7. The van der Waals surface area contributed by atoms with Crippen LogP contribution >= 0.6 is 0 Å². The molecule has 0 aliphatic carbocycles. The van der Waals surface area contributed by atoms with E-state index in [0.717, 1.165) is 19.6 Å². The topological polar surface area (TPSA) is 23.6 Å². The lowest BCUT2D eigenvalue weighted by molar-refractivity contribution is -0.126. The van der Waals surface area contributed by atoms with Crippen LogP contribution in [0.5, 0.6) is 0 Å². The highest BCUT2D eigenvalue weighted by atomic mass is 16.1. The summed E-state index contributed by atoms with van der Waals surface area (Å²) in [6.45, 7) is 8.87. The van der Waals surface area contributed by atoms with Crippen molar-refractivity contribution >= 4 is 5.78 Å². The fourth-order valence-corrected chi connectivity index (χ4v) is 1.15. The molecule has 0 unspecified atom stereocenters. The van der Waals surface area contributed by atoms with Gasteiger partial charge in [-0.1, -0.05) is 20.8 Å². The molecular weight excluding hydrogens is 188 g/mol. The number of carbonyl (C=O) groups is 1. The standard InChI is InChI=1S/C12H26N2O/c1-12(2,3)11(15)7-8-14(6)10-9-13(4)5/h7-10H2,1-6H3. The van der Waals surface area contributed by atoms with Crippen molar-refractivity contribution in [1.82, 2.24) is 9.80 Å². The molecule has 0 radical (unpaired) electrons. The fourth-order valence-electron chi connectivity index (χ4n) is 1.15. The van der Waals surface area contributed by atoms with Crippen LogP contribution in [0.1, 0.15) is 27.2 Å². The second kappa shape index (κ2) is 6.23. The number of carbonyl (C=O) groups excluding carboxylic acids is 1. The van der Waals surface area contributed by atoms with Gasteiger partial charge in [-0.25, -0.2) is 0 Å². The summed E-state index contributed by atoms with van der Waals surface area (Å²) in [6.07, 6.45) is 0.660. The van der Waals surface area contributed by atoms with E-state index in [9.17, 15) is 4.79 Å². The summed E-state index contributed by atoms with van der Waals surface area (Å²) in [5, 5.41) is 0. The minimum atomic E-state index is -0.192. The zero-order chi connectivity index (χ0) is 12.1. The monoisotopic (exact) mass is 214 g/mol. The molecule has 0 aliphatic heterocycles. The van der Waals surface area contributed by atoms with Crippen molar-refractivity contribution in [2.24, 2.45) is 5.41 Å². The molecular formula is C12H26N2O. The smallest absolute Gasteiger partial charge is 0.139 e. The predicted octanol–water partition coefficient (Wildman–Crippen LogP) is 1.49. The molecule has 3 nitrogen and oxygen atoms in total. The van der Waals surface area contributed by atoms with Crippen molar-refractivity contribution in [3.63, 3.8) is 0 Å². The lowest BCUT2D eigenvalue weighted by Gasteiger charge is -2.21. The third kappa shape index (κ3) is 7.51. The van der Waals surface area contributed by atoms with Crippen LogP contribution in [0.4, 0.5) is 0 Å². The van der Waals surface area contributed by atoms with E-state index in [2.05, 4.69) is 30.9 Å². The summed E-state index contributed by atoms with van der Waals surface area (Å²) in [4.78, 5) is 16.0. The van der Waals surface area contributed by atoms with Crippen molar-refractivity contribution in [2.75, 3.05) is 40.8 Å². The number of hydrogen-bond donors (Lipinski definition) is 0. The molecule has 0 aromatic heterocycles. The average Bonchev–Trinajstić information content (AvgIpc) is 2.09. The zero-order valence-electron chi connectivity index (χ0n) is 11.1. The normalized spacial score (nSPS) is 12.5. The largest absolute Gasteiger partial charge is 0.308 e. The van der Waals surface area contributed by atoms with Crippen molar-refractivity contribution in [3.8, 4) is 0 Å². The van der Waals surface area contributed by atoms with Gasteiger partial charge in [-0.2, -0.15) is 0 Å². The number of nitrogens with zero attached hydrogens (tertiary/aromatic N) is 2. The van der Waals surface area contributed by atoms with Crippen molar-refractivity contribution in [3.05, 3.63) is 0 Å². The lowest BCUT2D eigenvalue weighted by atomic mass is 9.89. The Bertz CT molecular complexity index is 194. The predicted molar refractivity (Wildman–Crippen MR) is 65.1 cm³/mol. The van der Waals surface area contributed by atoms with Gasteiger partial charge in [-0.05, 0) is 21.1 Å². The van der Waals surface area contributed by atoms with Crippen LogP contribution in [0, 0.1) is 5.41 Å². The molecule has 0 amide bonds. The molecule has 0 rings (SSSR count). The molecule has 0 aliphatic rings. The Morgan fingerprint density at radius 2 is 1.53 bits per heavy atom.